The van der Waals surface area contributed by atoms with Crippen molar-refractivity contribution in [3.8, 4) is 11.5 Å². The smallest absolute Gasteiger partial charge is 0.415 e. The predicted octanol–water partition coefficient (Wildman–Crippen LogP) is 2.68. The van der Waals surface area contributed by atoms with E-state index in [2.05, 4.69) is 0 Å². The summed E-state index contributed by atoms with van der Waals surface area (Å²) in [6, 6.07) is 4.97. The molecule has 0 aromatic heterocycles. The van der Waals surface area contributed by atoms with Crippen LogP contribution in [-0.2, 0) is 16.1 Å². The van der Waals surface area contributed by atoms with Gasteiger partial charge in [0.25, 0.3) is 0 Å². The molecule has 1 fully saturated rings. The lowest BCUT2D eigenvalue weighted by atomic mass is 10.2. The van der Waals surface area contributed by atoms with Crippen molar-refractivity contribution in [1.29, 1.82) is 0 Å². The fourth-order valence-electron chi connectivity index (χ4n) is 2.11. The topological polar surface area (TPSA) is 65.1 Å². The van der Waals surface area contributed by atoms with E-state index in [0.717, 1.165) is 18.4 Å². The van der Waals surface area contributed by atoms with Gasteiger partial charge in [-0.15, -0.1) is 0 Å². The highest BCUT2D eigenvalue weighted by Gasteiger charge is 2.24. The average molecular weight is 323 g/mol. The van der Waals surface area contributed by atoms with Crippen LogP contribution in [0.1, 0.15) is 25.3 Å². The van der Waals surface area contributed by atoms with Crippen LogP contribution >= 0.6 is 12.2 Å². The summed E-state index contributed by atoms with van der Waals surface area (Å²) >= 11 is 5.10. The van der Waals surface area contributed by atoms with E-state index in [0.29, 0.717) is 23.0 Å². The van der Waals surface area contributed by atoms with Crippen LogP contribution in [0.15, 0.2) is 18.2 Å². The maximum atomic E-state index is 11.9. The lowest BCUT2D eigenvalue weighted by molar-refractivity contribution is -0.132. The molecular formula is C15H17NO5S. The van der Waals surface area contributed by atoms with Crippen molar-refractivity contribution >= 4 is 29.3 Å². The first kappa shape index (κ1) is 16.2. The molecular weight excluding hydrogens is 306 g/mol. The second-order valence-electron chi connectivity index (χ2n) is 4.78. The zero-order chi connectivity index (χ0) is 16.1. The molecule has 118 valence electrons. The van der Waals surface area contributed by atoms with Gasteiger partial charge in [-0.25, -0.2) is 4.79 Å². The molecule has 1 aromatic rings. The van der Waals surface area contributed by atoms with Crippen LogP contribution in [0, 0.1) is 0 Å². The molecule has 0 unspecified atom stereocenters. The van der Waals surface area contributed by atoms with Crippen molar-refractivity contribution in [1.82, 2.24) is 4.90 Å². The summed E-state index contributed by atoms with van der Waals surface area (Å²) in [6.07, 6.45) is 1.18. The number of thiocarbonyl (C=S) groups is 1. The van der Waals surface area contributed by atoms with Gasteiger partial charge in [-0.05, 0) is 24.1 Å². The third-order valence-corrected chi connectivity index (χ3v) is 3.56. The van der Waals surface area contributed by atoms with E-state index >= 15 is 0 Å². The minimum atomic E-state index is -0.439. The Morgan fingerprint density at radius 1 is 1.32 bits per heavy atom. The average Bonchev–Trinajstić information content (AvgIpc) is 2.91. The first-order chi connectivity index (χ1) is 10.5. The Morgan fingerprint density at radius 3 is 2.68 bits per heavy atom. The minimum absolute atomic E-state index is 0.0919. The van der Waals surface area contributed by atoms with Crippen molar-refractivity contribution in [3.05, 3.63) is 23.8 Å². The molecule has 1 aliphatic heterocycles. The van der Waals surface area contributed by atoms with Crippen molar-refractivity contribution < 1.29 is 23.8 Å². The molecule has 1 aliphatic rings. The van der Waals surface area contributed by atoms with Gasteiger partial charge in [-0.1, -0.05) is 18.3 Å². The number of amides is 1. The minimum Gasteiger partial charge on any atom is -0.493 e. The summed E-state index contributed by atoms with van der Waals surface area (Å²) in [5.41, 5.74) is 0.728. The van der Waals surface area contributed by atoms with Gasteiger partial charge in [0.2, 0.25) is 0 Å². The highest BCUT2D eigenvalue weighted by Crippen LogP contribution is 2.28. The van der Waals surface area contributed by atoms with Crippen LogP contribution in [0.2, 0.25) is 0 Å². The largest absolute Gasteiger partial charge is 0.493 e. The number of ether oxygens (including phenoxy) is 3. The van der Waals surface area contributed by atoms with Gasteiger partial charge < -0.3 is 14.2 Å². The first-order valence-electron chi connectivity index (χ1n) is 6.83. The van der Waals surface area contributed by atoms with E-state index < -0.39 is 12.1 Å². The fraction of sp³-hybridized carbons (Fsp3) is 0.400. The van der Waals surface area contributed by atoms with E-state index in [-0.39, 0.29) is 6.61 Å². The number of esters is 1. The second kappa shape index (κ2) is 7.22. The molecule has 2 rings (SSSR count). The van der Waals surface area contributed by atoms with Crippen molar-refractivity contribution in [2.24, 2.45) is 0 Å². The lowest BCUT2D eigenvalue weighted by Crippen LogP contribution is -2.31. The second-order valence-corrected chi connectivity index (χ2v) is 5.25. The fourth-order valence-corrected chi connectivity index (χ4v) is 2.42. The SMILES string of the molecule is COc1cc(COC(=O)N2CCCC2=S)ccc1OC(C)=O. The number of hydrogen-bond acceptors (Lipinski definition) is 6. The highest BCUT2D eigenvalue weighted by molar-refractivity contribution is 7.80. The van der Waals surface area contributed by atoms with E-state index in [1.165, 1.54) is 18.9 Å². The van der Waals surface area contributed by atoms with Gasteiger partial charge in [-0.3, -0.25) is 9.69 Å². The molecule has 22 heavy (non-hydrogen) atoms. The van der Waals surface area contributed by atoms with E-state index in [4.69, 9.17) is 26.4 Å². The van der Waals surface area contributed by atoms with Crippen LogP contribution in [0.5, 0.6) is 11.5 Å². The number of likely N-dealkylation sites (tertiary alicyclic amines) is 1. The van der Waals surface area contributed by atoms with Crippen LogP contribution in [0.25, 0.3) is 0 Å². The molecule has 0 aliphatic carbocycles. The van der Waals surface area contributed by atoms with Crippen molar-refractivity contribution in [2.45, 2.75) is 26.4 Å². The molecule has 0 N–H and O–H groups in total. The van der Waals surface area contributed by atoms with Crippen LogP contribution in [-0.4, -0.2) is 35.6 Å². The maximum absolute atomic E-state index is 11.9. The summed E-state index contributed by atoms with van der Waals surface area (Å²) in [7, 11) is 1.47. The zero-order valence-corrected chi connectivity index (χ0v) is 13.3. The molecule has 0 bridgehead atoms. The summed E-state index contributed by atoms with van der Waals surface area (Å²) in [6.45, 7) is 2.01. The third-order valence-electron chi connectivity index (χ3n) is 3.14. The van der Waals surface area contributed by atoms with Crippen LogP contribution < -0.4 is 9.47 Å². The molecule has 1 saturated heterocycles. The quantitative estimate of drug-likeness (QED) is 0.482. The molecule has 0 spiro atoms. The predicted molar refractivity (Wildman–Crippen MR) is 83.0 cm³/mol. The molecule has 1 amide bonds. The number of methoxy groups -OCH3 is 1. The maximum Gasteiger partial charge on any atom is 0.415 e. The van der Waals surface area contributed by atoms with Gasteiger partial charge in [0.05, 0.1) is 12.1 Å². The normalized spacial score (nSPS) is 13.9. The van der Waals surface area contributed by atoms with Crippen molar-refractivity contribution in [2.75, 3.05) is 13.7 Å². The number of carbonyl (C=O) groups excluding carboxylic acids is 2. The molecule has 0 atom stereocenters. The molecule has 0 saturated carbocycles. The Hall–Kier alpha value is -2.15. The first-order valence-corrected chi connectivity index (χ1v) is 7.24. The van der Waals surface area contributed by atoms with Gasteiger partial charge in [0.1, 0.15) is 6.61 Å². The number of carbonyl (C=O) groups is 2. The lowest BCUT2D eigenvalue weighted by Gasteiger charge is -2.16. The number of hydrogen-bond donors (Lipinski definition) is 0. The van der Waals surface area contributed by atoms with Gasteiger partial charge in [0.15, 0.2) is 11.5 Å². The molecule has 0 radical (unpaired) electrons. The van der Waals surface area contributed by atoms with Crippen LogP contribution in [0.3, 0.4) is 0 Å². The number of rotatable bonds is 4. The summed E-state index contributed by atoms with van der Waals surface area (Å²) in [5, 5.41) is 0. The van der Waals surface area contributed by atoms with Crippen molar-refractivity contribution in [3.63, 3.8) is 0 Å². The Kier molecular flexibility index (Phi) is 5.32. The number of benzene rings is 1. The summed E-state index contributed by atoms with van der Waals surface area (Å²) in [5.74, 6) is 0.297. The van der Waals surface area contributed by atoms with Gasteiger partial charge in [-0.2, -0.15) is 0 Å². The monoisotopic (exact) mass is 323 g/mol. The van der Waals surface area contributed by atoms with Gasteiger partial charge in [0, 0.05) is 19.9 Å². The molecule has 1 aromatic carbocycles. The Bertz CT molecular complexity index is 602. The summed E-state index contributed by atoms with van der Waals surface area (Å²) < 4.78 is 15.4. The summed E-state index contributed by atoms with van der Waals surface area (Å²) in [4.78, 5) is 25.0. The third kappa shape index (κ3) is 3.94. The Morgan fingerprint density at radius 2 is 2.09 bits per heavy atom. The van der Waals surface area contributed by atoms with Gasteiger partial charge >= 0.3 is 12.1 Å². The van der Waals surface area contributed by atoms with Crippen LogP contribution in [0.4, 0.5) is 4.79 Å². The molecule has 7 heteroatoms. The Labute approximate surface area is 133 Å². The molecule has 1 heterocycles. The van der Waals surface area contributed by atoms with E-state index in [9.17, 15) is 9.59 Å². The zero-order valence-electron chi connectivity index (χ0n) is 12.5. The highest BCUT2D eigenvalue weighted by atomic mass is 32.1. The standard InChI is InChI=1S/C15H17NO5S/c1-10(17)21-12-6-5-11(8-13(12)19-2)9-20-15(18)16-7-3-4-14(16)22/h5-6,8H,3-4,7,9H2,1-2H3. The number of nitrogens with zero attached hydrogens (tertiary/aromatic N) is 1. The molecule has 6 nitrogen and oxygen atoms in total. The van der Waals surface area contributed by atoms with E-state index in [1.807, 2.05) is 0 Å². The Balaban J connectivity index is 1.99. The van der Waals surface area contributed by atoms with E-state index in [1.54, 1.807) is 18.2 Å².